The Morgan fingerprint density at radius 1 is 1.06 bits per heavy atom. The molecule has 4 nitrogen and oxygen atoms in total. The Morgan fingerprint density at radius 2 is 1.85 bits per heavy atom. The zero-order valence-corrected chi connectivity index (χ0v) is 21.6. The van der Waals surface area contributed by atoms with Crippen LogP contribution in [0.4, 0.5) is 0 Å². The minimum atomic E-state index is -0.0343. The summed E-state index contributed by atoms with van der Waals surface area (Å²) in [7, 11) is 4.31. The molecule has 1 fully saturated rings. The highest BCUT2D eigenvalue weighted by molar-refractivity contribution is 7.10. The highest BCUT2D eigenvalue weighted by Crippen LogP contribution is 2.39. The second-order valence-electron chi connectivity index (χ2n) is 9.66. The summed E-state index contributed by atoms with van der Waals surface area (Å²) in [6.45, 7) is 5.20. The topological polar surface area (TPSA) is 35.9 Å². The average Bonchev–Trinajstić information content (AvgIpc) is 3.37. The lowest BCUT2D eigenvalue weighted by Gasteiger charge is -2.46. The van der Waals surface area contributed by atoms with Crippen LogP contribution in [0.5, 0.6) is 11.5 Å². The molecule has 34 heavy (non-hydrogen) atoms. The first-order valence-corrected chi connectivity index (χ1v) is 13.4. The van der Waals surface area contributed by atoms with Gasteiger partial charge in [0.25, 0.3) is 0 Å². The molecule has 4 rings (SSSR count). The van der Waals surface area contributed by atoms with Gasteiger partial charge < -0.3 is 9.84 Å². The summed E-state index contributed by atoms with van der Waals surface area (Å²) in [5.41, 5.74) is 2.47. The molecule has 0 saturated carbocycles. The van der Waals surface area contributed by atoms with Gasteiger partial charge >= 0.3 is 0 Å². The molecule has 1 saturated heterocycles. The van der Waals surface area contributed by atoms with E-state index < -0.39 is 0 Å². The first-order chi connectivity index (χ1) is 16.5. The Labute approximate surface area is 208 Å². The van der Waals surface area contributed by atoms with E-state index in [0.29, 0.717) is 5.75 Å². The Bertz CT molecular complexity index is 1030. The van der Waals surface area contributed by atoms with E-state index in [9.17, 15) is 5.11 Å². The predicted molar refractivity (Wildman–Crippen MR) is 142 cm³/mol. The molecule has 1 unspecified atom stereocenters. The number of rotatable bonds is 10. The van der Waals surface area contributed by atoms with E-state index in [-0.39, 0.29) is 11.6 Å². The van der Waals surface area contributed by atoms with Crippen LogP contribution in [0.15, 0.2) is 66.0 Å². The molecule has 5 heteroatoms. The summed E-state index contributed by atoms with van der Waals surface area (Å²) >= 11 is 1.78. The molecule has 1 aromatic heterocycles. The fourth-order valence-corrected chi connectivity index (χ4v) is 5.92. The van der Waals surface area contributed by atoms with Crippen LogP contribution < -0.4 is 4.74 Å². The van der Waals surface area contributed by atoms with Crippen molar-refractivity contribution in [1.82, 2.24) is 9.80 Å². The lowest BCUT2D eigenvalue weighted by atomic mass is 9.79. The van der Waals surface area contributed by atoms with E-state index in [1.54, 1.807) is 17.4 Å². The van der Waals surface area contributed by atoms with Gasteiger partial charge in [-0.15, -0.1) is 11.3 Å². The van der Waals surface area contributed by atoms with Crippen molar-refractivity contribution in [2.75, 3.05) is 27.2 Å². The van der Waals surface area contributed by atoms with E-state index in [2.05, 4.69) is 78.7 Å². The van der Waals surface area contributed by atoms with Crippen LogP contribution in [0.25, 0.3) is 0 Å². The third-order valence-electron chi connectivity index (χ3n) is 7.19. The molecule has 0 spiro atoms. The zero-order valence-electron chi connectivity index (χ0n) is 20.7. The van der Waals surface area contributed by atoms with Crippen molar-refractivity contribution < 1.29 is 9.84 Å². The van der Waals surface area contributed by atoms with Gasteiger partial charge in [-0.1, -0.05) is 43.7 Å². The summed E-state index contributed by atoms with van der Waals surface area (Å²) in [6, 6.07) is 20.7. The Hall–Kier alpha value is -2.34. The minimum Gasteiger partial charge on any atom is -0.508 e. The van der Waals surface area contributed by atoms with Crippen LogP contribution in [0, 0.1) is 0 Å². The number of unbranched alkanes of at least 4 members (excludes halogenated alkanes) is 1. The second-order valence-corrected chi connectivity index (χ2v) is 10.6. The number of aromatic hydroxyl groups is 1. The van der Waals surface area contributed by atoms with Gasteiger partial charge in [0, 0.05) is 30.1 Å². The molecule has 182 valence electrons. The minimum absolute atomic E-state index is 0.0343. The van der Waals surface area contributed by atoms with E-state index >= 15 is 0 Å². The highest BCUT2D eigenvalue weighted by atomic mass is 32.1. The third kappa shape index (κ3) is 5.83. The van der Waals surface area contributed by atoms with E-state index in [4.69, 9.17) is 4.74 Å². The number of thiophene rings is 1. The van der Waals surface area contributed by atoms with Gasteiger partial charge in [0.2, 0.25) is 0 Å². The average molecular weight is 479 g/mol. The summed E-state index contributed by atoms with van der Waals surface area (Å²) < 4.78 is 6.49. The quantitative estimate of drug-likeness (QED) is 0.347. The van der Waals surface area contributed by atoms with Gasteiger partial charge in [0.1, 0.15) is 17.6 Å². The lowest BCUT2D eigenvalue weighted by molar-refractivity contribution is 0.0505. The SMILES string of the molecule is CCCCC(Oc1cccc(CN2CCC(c3cccc(O)c3)(N(C)C)CC2)c1)c1cccs1. The molecular weight excluding hydrogens is 440 g/mol. The maximum Gasteiger partial charge on any atom is 0.133 e. The fourth-order valence-electron chi connectivity index (χ4n) is 5.13. The van der Waals surface area contributed by atoms with Crippen molar-refractivity contribution in [2.45, 2.75) is 57.2 Å². The molecule has 1 aliphatic heterocycles. The van der Waals surface area contributed by atoms with Crippen molar-refractivity contribution in [1.29, 1.82) is 0 Å². The first-order valence-electron chi connectivity index (χ1n) is 12.5. The number of phenols is 1. The molecule has 1 N–H and O–H groups in total. The van der Waals surface area contributed by atoms with Crippen molar-refractivity contribution in [3.05, 3.63) is 82.0 Å². The molecule has 0 bridgehead atoms. The van der Waals surface area contributed by atoms with E-state index in [1.807, 2.05) is 12.1 Å². The molecule has 1 atom stereocenters. The molecule has 0 radical (unpaired) electrons. The molecule has 2 heterocycles. The predicted octanol–water partition coefficient (Wildman–Crippen LogP) is 6.82. The van der Waals surface area contributed by atoms with Crippen LogP contribution in [0.3, 0.4) is 0 Å². The summed E-state index contributed by atoms with van der Waals surface area (Å²) in [5.74, 6) is 1.31. The molecule has 3 aromatic rings. The van der Waals surface area contributed by atoms with Gasteiger partial charge in [-0.05, 0) is 86.6 Å². The van der Waals surface area contributed by atoms with Gasteiger partial charge in [-0.25, -0.2) is 0 Å². The molecule has 2 aromatic carbocycles. The number of piperidine rings is 1. The summed E-state index contributed by atoms with van der Waals surface area (Å²) in [6.07, 6.45) is 5.61. The summed E-state index contributed by atoms with van der Waals surface area (Å²) in [5, 5.41) is 12.2. The maximum atomic E-state index is 10.0. The number of hydrogen-bond acceptors (Lipinski definition) is 5. The lowest BCUT2D eigenvalue weighted by Crippen LogP contribution is -2.50. The van der Waals surface area contributed by atoms with Crippen LogP contribution in [-0.2, 0) is 12.1 Å². The van der Waals surface area contributed by atoms with Crippen LogP contribution in [-0.4, -0.2) is 42.1 Å². The highest BCUT2D eigenvalue weighted by Gasteiger charge is 2.38. The number of likely N-dealkylation sites (tertiary alicyclic amines) is 1. The molecular formula is C29H38N2O2S. The Balaban J connectivity index is 1.41. The van der Waals surface area contributed by atoms with Crippen LogP contribution in [0.1, 0.15) is 61.1 Å². The van der Waals surface area contributed by atoms with Gasteiger partial charge in [-0.2, -0.15) is 0 Å². The summed E-state index contributed by atoms with van der Waals surface area (Å²) in [4.78, 5) is 6.17. The number of benzene rings is 2. The number of hydrogen-bond donors (Lipinski definition) is 1. The fraction of sp³-hybridized carbons (Fsp3) is 0.448. The largest absolute Gasteiger partial charge is 0.508 e. The van der Waals surface area contributed by atoms with Crippen LogP contribution >= 0.6 is 11.3 Å². The normalized spacial score (nSPS) is 17.1. The van der Waals surface area contributed by atoms with Gasteiger partial charge in [0.15, 0.2) is 0 Å². The smallest absolute Gasteiger partial charge is 0.133 e. The van der Waals surface area contributed by atoms with Gasteiger partial charge in [0.05, 0.1) is 0 Å². The van der Waals surface area contributed by atoms with Crippen molar-refractivity contribution in [3.8, 4) is 11.5 Å². The van der Waals surface area contributed by atoms with Gasteiger partial charge in [-0.3, -0.25) is 9.80 Å². The monoisotopic (exact) mass is 478 g/mol. The second kappa shape index (κ2) is 11.4. The molecule has 0 aliphatic carbocycles. The van der Waals surface area contributed by atoms with Crippen LogP contribution in [0.2, 0.25) is 0 Å². The van der Waals surface area contributed by atoms with Crippen molar-refractivity contribution >= 4 is 11.3 Å². The molecule has 1 aliphatic rings. The standard InChI is InChI=1S/C29H38N2O2S/c1-4-5-13-27(28-14-8-19-34-28)33-26-12-6-9-23(20-26)22-31-17-15-29(16-18-31,30(2)3)24-10-7-11-25(32)21-24/h6-12,14,19-21,27,32H,4-5,13,15-18,22H2,1-3H3. The Kier molecular flexibility index (Phi) is 8.30. The first kappa shape index (κ1) is 24.8. The van der Waals surface area contributed by atoms with E-state index in [1.165, 1.54) is 28.8 Å². The van der Waals surface area contributed by atoms with Crippen molar-refractivity contribution in [2.24, 2.45) is 0 Å². The third-order valence-corrected chi connectivity index (χ3v) is 8.15. The Morgan fingerprint density at radius 3 is 2.53 bits per heavy atom. The zero-order chi connectivity index (χ0) is 24.0. The maximum absolute atomic E-state index is 10.0. The number of nitrogens with zero attached hydrogens (tertiary/aromatic N) is 2. The number of ether oxygens (including phenoxy) is 1. The van der Waals surface area contributed by atoms with Crippen molar-refractivity contribution in [3.63, 3.8) is 0 Å². The number of phenolic OH excluding ortho intramolecular Hbond substituents is 1. The molecule has 0 amide bonds. The van der Waals surface area contributed by atoms with E-state index in [0.717, 1.165) is 44.6 Å².